The van der Waals surface area contributed by atoms with Crippen LogP contribution in [0.4, 0.5) is 0 Å². The lowest BCUT2D eigenvalue weighted by molar-refractivity contribution is -0.143. The zero-order chi connectivity index (χ0) is 14.1. The van der Waals surface area contributed by atoms with E-state index in [9.17, 15) is 9.59 Å². The third-order valence-corrected chi connectivity index (χ3v) is 2.49. The molecule has 0 saturated heterocycles. The second-order valence-corrected chi connectivity index (χ2v) is 4.06. The predicted octanol–water partition coefficient (Wildman–Crippen LogP) is 0.781. The molecule has 1 N–H and O–H groups in total. The second-order valence-electron chi connectivity index (χ2n) is 4.06. The Morgan fingerprint density at radius 3 is 2.89 bits per heavy atom. The molecule has 19 heavy (non-hydrogen) atoms. The molecule has 0 bridgehead atoms. The van der Waals surface area contributed by atoms with Gasteiger partial charge in [-0.25, -0.2) is 0 Å². The summed E-state index contributed by atoms with van der Waals surface area (Å²) in [6.07, 6.45) is 1.84. The van der Waals surface area contributed by atoms with Gasteiger partial charge in [-0.1, -0.05) is 0 Å². The molecule has 0 spiro atoms. The van der Waals surface area contributed by atoms with E-state index in [-0.39, 0.29) is 24.8 Å². The average Bonchev–Trinajstić information content (AvgIpc) is 2.87. The molecule has 106 valence electrons. The van der Waals surface area contributed by atoms with Crippen LogP contribution in [0.3, 0.4) is 0 Å². The largest absolute Gasteiger partial charge is 0.467 e. The van der Waals surface area contributed by atoms with Gasteiger partial charge in [0.25, 0.3) is 0 Å². The Balaban J connectivity index is 2.15. The summed E-state index contributed by atoms with van der Waals surface area (Å²) in [6, 6.07) is 3.60. The maximum atomic E-state index is 11.7. The van der Waals surface area contributed by atoms with E-state index in [1.165, 1.54) is 0 Å². The molecule has 1 heterocycles. The first-order valence-corrected chi connectivity index (χ1v) is 6.26. The van der Waals surface area contributed by atoms with Gasteiger partial charge in [-0.15, -0.1) is 0 Å². The zero-order valence-electron chi connectivity index (χ0n) is 11.3. The van der Waals surface area contributed by atoms with Gasteiger partial charge in [0.1, 0.15) is 5.76 Å². The molecule has 1 aromatic rings. The topological polar surface area (TPSA) is 71.8 Å². The van der Waals surface area contributed by atoms with Gasteiger partial charge in [-0.3, -0.25) is 9.59 Å². The van der Waals surface area contributed by atoms with E-state index in [4.69, 9.17) is 9.15 Å². The third kappa shape index (κ3) is 6.05. The van der Waals surface area contributed by atoms with Crippen molar-refractivity contribution in [2.45, 2.75) is 19.9 Å². The van der Waals surface area contributed by atoms with E-state index in [1.54, 1.807) is 31.2 Å². The van der Waals surface area contributed by atoms with Gasteiger partial charge in [0.05, 0.1) is 32.4 Å². The monoisotopic (exact) mass is 268 g/mol. The minimum absolute atomic E-state index is 0.0553. The summed E-state index contributed by atoms with van der Waals surface area (Å²) in [7, 11) is 1.71. The van der Waals surface area contributed by atoms with Crippen LogP contribution in [0.5, 0.6) is 0 Å². The fraction of sp³-hybridized carbons (Fsp3) is 0.538. The number of rotatable bonds is 8. The maximum absolute atomic E-state index is 11.7. The van der Waals surface area contributed by atoms with Crippen molar-refractivity contribution in [1.82, 2.24) is 10.2 Å². The van der Waals surface area contributed by atoms with Crippen LogP contribution in [-0.4, -0.2) is 43.5 Å². The molecule has 0 radical (unpaired) electrons. The van der Waals surface area contributed by atoms with E-state index >= 15 is 0 Å². The molecule has 6 nitrogen and oxygen atoms in total. The Kier molecular flexibility index (Phi) is 6.67. The van der Waals surface area contributed by atoms with E-state index in [0.717, 1.165) is 5.76 Å². The number of carbonyl (C=O) groups is 2. The summed E-state index contributed by atoms with van der Waals surface area (Å²) in [5.74, 6) is 0.425. The summed E-state index contributed by atoms with van der Waals surface area (Å²) in [4.78, 5) is 24.4. The van der Waals surface area contributed by atoms with Crippen LogP contribution in [0.15, 0.2) is 22.8 Å². The number of nitrogens with one attached hydrogen (secondary N) is 1. The molecular formula is C13H20N2O4. The second kappa shape index (κ2) is 8.31. The van der Waals surface area contributed by atoms with Crippen LogP contribution < -0.4 is 5.32 Å². The normalized spacial score (nSPS) is 10.2. The average molecular weight is 268 g/mol. The van der Waals surface area contributed by atoms with Crippen LogP contribution in [0.25, 0.3) is 0 Å². The molecule has 0 aromatic carbocycles. The number of esters is 1. The molecule has 0 aliphatic rings. The molecule has 0 saturated carbocycles. The highest BCUT2D eigenvalue weighted by Gasteiger charge is 2.10. The van der Waals surface area contributed by atoms with Crippen LogP contribution >= 0.6 is 0 Å². The number of nitrogens with zero attached hydrogens (tertiary/aromatic N) is 1. The van der Waals surface area contributed by atoms with Crippen molar-refractivity contribution in [2.75, 3.05) is 26.7 Å². The molecule has 0 aliphatic carbocycles. The minimum Gasteiger partial charge on any atom is -0.467 e. The quantitative estimate of drug-likeness (QED) is 0.557. The van der Waals surface area contributed by atoms with Crippen molar-refractivity contribution in [1.29, 1.82) is 0 Å². The number of hydrogen-bond donors (Lipinski definition) is 1. The molecule has 1 amide bonds. The first-order chi connectivity index (χ1) is 9.13. The van der Waals surface area contributed by atoms with Crippen molar-refractivity contribution in [2.24, 2.45) is 0 Å². The van der Waals surface area contributed by atoms with Gasteiger partial charge in [0, 0.05) is 13.6 Å². The smallest absolute Gasteiger partial charge is 0.307 e. The van der Waals surface area contributed by atoms with Gasteiger partial charge in [0.2, 0.25) is 5.91 Å². The first kappa shape index (κ1) is 15.2. The number of carbonyl (C=O) groups excluding carboxylic acids is 2. The highest BCUT2D eigenvalue weighted by Crippen LogP contribution is 2.03. The SMILES string of the molecule is CCOC(=O)CCNCC(=O)N(C)Cc1ccco1. The number of ether oxygens (including phenoxy) is 1. The van der Waals surface area contributed by atoms with Crippen LogP contribution in [-0.2, 0) is 20.9 Å². The Morgan fingerprint density at radius 1 is 1.47 bits per heavy atom. The molecule has 6 heteroatoms. The maximum Gasteiger partial charge on any atom is 0.307 e. The zero-order valence-corrected chi connectivity index (χ0v) is 11.3. The lowest BCUT2D eigenvalue weighted by Crippen LogP contribution is -2.35. The Hall–Kier alpha value is -1.82. The Bertz CT molecular complexity index is 389. The van der Waals surface area contributed by atoms with Crippen molar-refractivity contribution in [3.8, 4) is 0 Å². The van der Waals surface area contributed by atoms with Gasteiger partial charge in [0.15, 0.2) is 0 Å². The van der Waals surface area contributed by atoms with Crippen LogP contribution in [0.2, 0.25) is 0 Å². The lowest BCUT2D eigenvalue weighted by atomic mass is 10.4. The molecule has 0 atom stereocenters. The fourth-order valence-corrected chi connectivity index (χ4v) is 1.48. The number of likely N-dealkylation sites (N-methyl/N-ethyl adjacent to an activating group) is 1. The molecular weight excluding hydrogens is 248 g/mol. The summed E-state index contributed by atoms with van der Waals surface area (Å²) in [5, 5.41) is 2.91. The van der Waals surface area contributed by atoms with Gasteiger partial charge in [-0.2, -0.15) is 0 Å². The third-order valence-electron chi connectivity index (χ3n) is 2.49. The van der Waals surface area contributed by atoms with Gasteiger partial charge in [-0.05, 0) is 19.1 Å². The van der Waals surface area contributed by atoms with Gasteiger partial charge < -0.3 is 19.4 Å². The van der Waals surface area contributed by atoms with Crippen molar-refractivity contribution in [3.63, 3.8) is 0 Å². The highest BCUT2D eigenvalue weighted by atomic mass is 16.5. The number of hydrogen-bond acceptors (Lipinski definition) is 5. The van der Waals surface area contributed by atoms with Crippen LogP contribution in [0.1, 0.15) is 19.1 Å². The molecule has 0 aliphatic heterocycles. The standard InChI is InChI=1S/C13H20N2O4/c1-3-18-13(17)6-7-14-9-12(16)15(2)10-11-5-4-8-19-11/h4-5,8,14H,3,6-7,9-10H2,1-2H3. The summed E-state index contributed by atoms with van der Waals surface area (Å²) in [6.45, 7) is 3.20. The van der Waals surface area contributed by atoms with E-state index in [1.807, 2.05) is 6.07 Å². The van der Waals surface area contributed by atoms with Crippen molar-refractivity contribution < 1.29 is 18.7 Å². The summed E-state index contributed by atoms with van der Waals surface area (Å²) >= 11 is 0. The van der Waals surface area contributed by atoms with Gasteiger partial charge >= 0.3 is 5.97 Å². The Morgan fingerprint density at radius 2 is 2.26 bits per heavy atom. The van der Waals surface area contributed by atoms with Crippen molar-refractivity contribution >= 4 is 11.9 Å². The molecule has 1 aromatic heterocycles. The van der Waals surface area contributed by atoms with E-state index in [2.05, 4.69) is 5.32 Å². The summed E-state index contributed by atoms with van der Waals surface area (Å²) < 4.78 is 9.94. The van der Waals surface area contributed by atoms with E-state index < -0.39 is 0 Å². The predicted molar refractivity (Wildman–Crippen MR) is 69.3 cm³/mol. The summed E-state index contributed by atoms with van der Waals surface area (Å²) in [5.41, 5.74) is 0. The first-order valence-electron chi connectivity index (χ1n) is 6.26. The molecule has 0 fully saturated rings. The molecule has 1 rings (SSSR count). The highest BCUT2D eigenvalue weighted by molar-refractivity contribution is 5.78. The number of amides is 1. The Labute approximate surface area is 112 Å². The van der Waals surface area contributed by atoms with E-state index in [0.29, 0.717) is 19.7 Å². The minimum atomic E-state index is -0.258. The number of furan rings is 1. The lowest BCUT2D eigenvalue weighted by Gasteiger charge is -2.15. The molecule has 0 unspecified atom stereocenters. The van der Waals surface area contributed by atoms with Crippen molar-refractivity contribution in [3.05, 3.63) is 24.2 Å². The van der Waals surface area contributed by atoms with Crippen LogP contribution in [0, 0.1) is 0 Å². The fourth-order valence-electron chi connectivity index (χ4n) is 1.48.